The van der Waals surface area contributed by atoms with Crippen molar-refractivity contribution in [3.63, 3.8) is 0 Å². The third kappa shape index (κ3) is 10.6. The van der Waals surface area contributed by atoms with Gasteiger partial charge in [0.25, 0.3) is 0 Å². The summed E-state index contributed by atoms with van der Waals surface area (Å²) in [6.45, 7) is 7.34. The van der Waals surface area contributed by atoms with Crippen LogP contribution in [0.4, 0.5) is 0 Å². The molecule has 0 radical (unpaired) electrons. The first-order valence-electron chi connectivity index (χ1n) is 9.95. The molecule has 1 aliphatic rings. The molecule has 9 heteroatoms. The molecule has 1 aromatic carbocycles. The van der Waals surface area contributed by atoms with Crippen LogP contribution in [0.1, 0.15) is 31.7 Å². The largest absolute Gasteiger partial charge is 0.381 e. The highest BCUT2D eigenvalue weighted by molar-refractivity contribution is 14.0. The summed E-state index contributed by atoms with van der Waals surface area (Å²) in [5.41, 5.74) is 0.962. The highest BCUT2D eigenvalue weighted by atomic mass is 127. The standard InChI is InChI=1S/C20H33N3O4S.HI/c1-3-21-20(22-11-4-12-27-16-18-9-13-26-14-10-18)23-15-17-5-7-19(8-6-17)28(2,24)25;/h5-8,18H,3-4,9-16H2,1-2H3,(H2,21,22,23);1H. The molecule has 0 spiro atoms. The third-order valence-corrected chi connectivity index (χ3v) is 5.70. The van der Waals surface area contributed by atoms with Gasteiger partial charge in [-0.1, -0.05) is 12.1 Å². The number of rotatable bonds is 10. The Morgan fingerprint density at radius 1 is 1.21 bits per heavy atom. The summed E-state index contributed by atoms with van der Waals surface area (Å²) < 4.78 is 34.2. The van der Waals surface area contributed by atoms with Crippen LogP contribution < -0.4 is 10.6 Å². The second-order valence-corrected chi connectivity index (χ2v) is 9.04. The van der Waals surface area contributed by atoms with Crippen molar-refractivity contribution in [1.29, 1.82) is 0 Å². The number of hydrogen-bond acceptors (Lipinski definition) is 5. The summed E-state index contributed by atoms with van der Waals surface area (Å²) in [5, 5.41) is 6.53. The van der Waals surface area contributed by atoms with Crippen LogP contribution in [0.25, 0.3) is 0 Å². The van der Waals surface area contributed by atoms with E-state index in [1.807, 2.05) is 6.92 Å². The number of aliphatic imine (C=N–C) groups is 1. The van der Waals surface area contributed by atoms with Crippen LogP contribution in [0.15, 0.2) is 34.2 Å². The molecule has 0 aliphatic carbocycles. The highest BCUT2D eigenvalue weighted by Gasteiger charge is 2.13. The summed E-state index contributed by atoms with van der Waals surface area (Å²) in [6.07, 6.45) is 4.32. The minimum atomic E-state index is -3.17. The van der Waals surface area contributed by atoms with Crippen molar-refractivity contribution in [3.05, 3.63) is 29.8 Å². The van der Waals surface area contributed by atoms with Crippen molar-refractivity contribution < 1.29 is 17.9 Å². The molecule has 0 aromatic heterocycles. The van der Waals surface area contributed by atoms with Gasteiger partial charge in [0.1, 0.15) is 0 Å². The number of halogens is 1. The summed E-state index contributed by atoms with van der Waals surface area (Å²) in [6, 6.07) is 6.84. The molecule has 2 rings (SSSR count). The van der Waals surface area contributed by atoms with Gasteiger partial charge >= 0.3 is 0 Å². The van der Waals surface area contributed by atoms with Crippen LogP contribution in [0.5, 0.6) is 0 Å². The Bertz CT molecular complexity index is 705. The zero-order valence-electron chi connectivity index (χ0n) is 17.4. The van der Waals surface area contributed by atoms with Crippen LogP contribution in [-0.2, 0) is 25.9 Å². The lowest BCUT2D eigenvalue weighted by Gasteiger charge is -2.21. The fourth-order valence-electron chi connectivity index (χ4n) is 2.90. The van der Waals surface area contributed by atoms with Gasteiger partial charge in [-0.3, -0.25) is 0 Å². The van der Waals surface area contributed by atoms with Crippen molar-refractivity contribution in [2.75, 3.05) is 45.8 Å². The Labute approximate surface area is 192 Å². The summed E-state index contributed by atoms with van der Waals surface area (Å²) >= 11 is 0. The fourth-order valence-corrected chi connectivity index (χ4v) is 3.53. The molecular formula is C20H34IN3O4S. The predicted molar refractivity (Wildman–Crippen MR) is 127 cm³/mol. The lowest BCUT2D eigenvalue weighted by molar-refractivity contribution is 0.0203. The summed E-state index contributed by atoms with van der Waals surface area (Å²) in [4.78, 5) is 4.88. The van der Waals surface area contributed by atoms with E-state index in [0.29, 0.717) is 17.4 Å². The first-order valence-corrected chi connectivity index (χ1v) is 11.8. The maximum atomic E-state index is 11.5. The highest BCUT2D eigenvalue weighted by Crippen LogP contribution is 2.14. The van der Waals surface area contributed by atoms with Gasteiger partial charge < -0.3 is 20.1 Å². The van der Waals surface area contributed by atoms with E-state index >= 15 is 0 Å². The van der Waals surface area contributed by atoms with Gasteiger partial charge in [0.2, 0.25) is 0 Å². The van der Waals surface area contributed by atoms with E-state index in [4.69, 9.17) is 9.47 Å². The van der Waals surface area contributed by atoms with Gasteiger partial charge in [-0.25, -0.2) is 13.4 Å². The molecule has 1 aliphatic heterocycles. The summed E-state index contributed by atoms with van der Waals surface area (Å²) in [7, 11) is -3.17. The average Bonchev–Trinajstić information content (AvgIpc) is 2.69. The summed E-state index contributed by atoms with van der Waals surface area (Å²) in [5.74, 6) is 1.38. The molecular weight excluding hydrogens is 505 g/mol. The average molecular weight is 539 g/mol. The number of ether oxygens (including phenoxy) is 2. The lowest BCUT2D eigenvalue weighted by Crippen LogP contribution is -2.38. The number of nitrogens with zero attached hydrogens (tertiary/aromatic N) is 1. The second-order valence-electron chi connectivity index (χ2n) is 7.02. The predicted octanol–water partition coefficient (Wildman–Crippen LogP) is 2.60. The maximum Gasteiger partial charge on any atom is 0.191 e. The first kappa shape index (κ1) is 26.1. The zero-order valence-corrected chi connectivity index (χ0v) is 20.5. The van der Waals surface area contributed by atoms with E-state index in [1.54, 1.807) is 24.3 Å². The Morgan fingerprint density at radius 2 is 1.90 bits per heavy atom. The maximum absolute atomic E-state index is 11.5. The number of guanidine groups is 1. The Morgan fingerprint density at radius 3 is 2.52 bits per heavy atom. The Balaban J connectivity index is 0.00000420. The molecule has 0 saturated carbocycles. The number of sulfone groups is 1. The van der Waals surface area contributed by atoms with E-state index < -0.39 is 9.84 Å². The van der Waals surface area contributed by atoms with Gasteiger partial charge in [0.05, 0.1) is 11.4 Å². The monoisotopic (exact) mass is 539 g/mol. The number of benzene rings is 1. The third-order valence-electron chi connectivity index (χ3n) is 4.57. The molecule has 29 heavy (non-hydrogen) atoms. The minimum absolute atomic E-state index is 0. The number of hydrogen-bond donors (Lipinski definition) is 2. The SMILES string of the molecule is CCNC(=NCc1ccc(S(C)(=O)=O)cc1)NCCCOCC1CCOCC1.I. The van der Waals surface area contributed by atoms with E-state index in [0.717, 1.165) is 70.3 Å². The van der Waals surface area contributed by atoms with E-state index in [1.165, 1.54) is 6.26 Å². The van der Waals surface area contributed by atoms with Crippen molar-refractivity contribution in [2.45, 2.75) is 37.6 Å². The normalized spacial score (nSPS) is 15.6. The molecule has 1 saturated heterocycles. The van der Waals surface area contributed by atoms with Gasteiger partial charge in [0.15, 0.2) is 15.8 Å². The van der Waals surface area contributed by atoms with Crippen molar-refractivity contribution in [3.8, 4) is 0 Å². The first-order chi connectivity index (χ1) is 13.5. The molecule has 0 bridgehead atoms. The molecule has 0 amide bonds. The van der Waals surface area contributed by atoms with Gasteiger partial charge in [-0.05, 0) is 49.8 Å². The molecule has 7 nitrogen and oxygen atoms in total. The molecule has 0 unspecified atom stereocenters. The van der Waals surface area contributed by atoms with Crippen LogP contribution in [-0.4, -0.2) is 60.2 Å². The van der Waals surface area contributed by atoms with Gasteiger partial charge in [-0.15, -0.1) is 24.0 Å². The van der Waals surface area contributed by atoms with E-state index in [-0.39, 0.29) is 24.0 Å². The van der Waals surface area contributed by atoms with E-state index in [9.17, 15) is 8.42 Å². The molecule has 1 aromatic rings. The van der Waals surface area contributed by atoms with Crippen molar-refractivity contribution in [1.82, 2.24) is 10.6 Å². The quantitative estimate of drug-likeness (QED) is 0.206. The van der Waals surface area contributed by atoms with Crippen LogP contribution >= 0.6 is 24.0 Å². The molecule has 1 fully saturated rings. The van der Waals surface area contributed by atoms with Crippen molar-refractivity contribution in [2.24, 2.45) is 10.9 Å². The number of nitrogens with one attached hydrogen (secondary N) is 2. The smallest absolute Gasteiger partial charge is 0.191 e. The topological polar surface area (TPSA) is 89.0 Å². The molecule has 0 atom stereocenters. The van der Waals surface area contributed by atoms with Gasteiger partial charge in [0, 0.05) is 45.8 Å². The molecule has 2 N–H and O–H groups in total. The van der Waals surface area contributed by atoms with Crippen molar-refractivity contribution >= 4 is 39.8 Å². The fraction of sp³-hybridized carbons (Fsp3) is 0.650. The molecule has 1 heterocycles. The minimum Gasteiger partial charge on any atom is -0.381 e. The Kier molecular flexibility index (Phi) is 12.8. The zero-order chi connectivity index (χ0) is 20.2. The van der Waals surface area contributed by atoms with Crippen LogP contribution in [0, 0.1) is 5.92 Å². The van der Waals surface area contributed by atoms with Crippen LogP contribution in [0.3, 0.4) is 0 Å². The second kappa shape index (κ2) is 14.2. The lowest BCUT2D eigenvalue weighted by atomic mass is 10.0. The van der Waals surface area contributed by atoms with E-state index in [2.05, 4.69) is 15.6 Å². The Hall–Kier alpha value is -0.910. The van der Waals surface area contributed by atoms with Crippen LogP contribution in [0.2, 0.25) is 0 Å². The van der Waals surface area contributed by atoms with Gasteiger partial charge in [-0.2, -0.15) is 0 Å². The molecule has 166 valence electrons.